The number of carbonyl (C=O) groups is 2. The molecule has 0 spiro atoms. The lowest BCUT2D eigenvalue weighted by atomic mass is 10.1. The van der Waals surface area contributed by atoms with Gasteiger partial charge in [-0.05, 0) is 31.0 Å². The van der Waals surface area contributed by atoms with E-state index in [-0.39, 0.29) is 11.4 Å². The van der Waals surface area contributed by atoms with Gasteiger partial charge in [-0.15, -0.1) is 0 Å². The number of hydrogen-bond donors (Lipinski definition) is 2. The van der Waals surface area contributed by atoms with Gasteiger partial charge >= 0.3 is 5.97 Å². The molecule has 0 heterocycles. The number of anilines is 1. The first-order chi connectivity index (χ1) is 9.65. The molecule has 1 amide bonds. The summed E-state index contributed by atoms with van der Waals surface area (Å²) in [5.41, 5.74) is 0.953. The Hall–Kier alpha value is -2.12. The third-order valence-electron chi connectivity index (χ3n) is 2.64. The number of aryl methyl sites for hydroxylation is 2. The quantitative estimate of drug-likeness (QED) is 0.500. The molecule has 0 unspecified atom stereocenters. The maximum absolute atomic E-state index is 11.8. The molecule has 112 valence electrons. The molecule has 9 heteroatoms. The van der Waals surface area contributed by atoms with Crippen LogP contribution in [0, 0.1) is 24.0 Å². The molecule has 0 fully saturated rings. The van der Waals surface area contributed by atoms with Gasteiger partial charge in [-0.3, -0.25) is 14.9 Å². The van der Waals surface area contributed by atoms with Gasteiger partial charge in [-0.2, -0.15) is 0 Å². The Labute approximate surface area is 129 Å². The van der Waals surface area contributed by atoms with E-state index in [0.717, 1.165) is 0 Å². The highest BCUT2D eigenvalue weighted by molar-refractivity contribution is 6.54. The fraction of sp³-hybridized carbons (Fsp3) is 0.167. The van der Waals surface area contributed by atoms with Crippen LogP contribution in [0.2, 0.25) is 0 Å². The van der Waals surface area contributed by atoms with Crippen molar-refractivity contribution in [1.29, 1.82) is 0 Å². The molecule has 7 nitrogen and oxygen atoms in total. The lowest BCUT2D eigenvalue weighted by molar-refractivity contribution is -0.384. The van der Waals surface area contributed by atoms with Crippen molar-refractivity contribution >= 4 is 46.5 Å². The molecule has 0 aromatic heterocycles. The van der Waals surface area contributed by atoms with E-state index in [1.54, 1.807) is 13.8 Å². The number of halogens is 2. The van der Waals surface area contributed by atoms with Crippen molar-refractivity contribution in [2.45, 2.75) is 13.8 Å². The molecule has 1 rings (SSSR count). The van der Waals surface area contributed by atoms with Gasteiger partial charge in [-0.25, -0.2) is 4.79 Å². The van der Waals surface area contributed by atoms with Gasteiger partial charge in [0.2, 0.25) is 0 Å². The van der Waals surface area contributed by atoms with Crippen LogP contribution in [0.3, 0.4) is 0 Å². The predicted molar refractivity (Wildman–Crippen MR) is 77.6 cm³/mol. The first-order valence-corrected chi connectivity index (χ1v) is 6.26. The highest BCUT2D eigenvalue weighted by Gasteiger charge is 2.22. The first kappa shape index (κ1) is 16.9. The Balaban J connectivity index is 3.22. The standard InChI is InChI=1S/C12H10Cl2N2O5/c1-5-3-7(8(16(20)21)4-6(5)2)15-11(17)9(13)10(14)12(18)19/h3-4H,1-2H3,(H,15,17)(H,18,19)/b10-9-. The van der Waals surface area contributed by atoms with Crippen LogP contribution in [0.5, 0.6) is 0 Å². The van der Waals surface area contributed by atoms with Crippen molar-refractivity contribution < 1.29 is 19.6 Å². The summed E-state index contributed by atoms with van der Waals surface area (Å²) >= 11 is 10.9. The minimum Gasteiger partial charge on any atom is -0.477 e. The normalized spacial score (nSPS) is 11.6. The van der Waals surface area contributed by atoms with E-state index in [2.05, 4.69) is 5.32 Å². The summed E-state index contributed by atoms with van der Waals surface area (Å²) in [6.07, 6.45) is 0. The van der Waals surface area contributed by atoms with Crippen molar-refractivity contribution in [3.8, 4) is 0 Å². The van der Waals surface area contributed by atoms with Crippen LogP contribution in [0.1, 0.15) is 11.1 Å². The van der Waals surface area contributed by atoms with Crippen LogP contribution < -0.4 is 5.32 Å². The maximum atomic E-state index is 11.8. The Morgan fingerprint density at radius 3 is 2.19 bits per heavy atom. The molecule has 0 bridgehead atoms. The summed E-state index contributed by atoms with van der Waals surface area (Å²) in [4.78, 5) is 32.7. The number of nitro groups is 1. The van der Waals surface area contributed by atoms with E-state index in [0.29, 0.717) is 11.1 Å². The van der Waals surface area contributed by atoms with Crippen LogP contribution in [0.4, 0.5) is 11.4 Å². The molecule has 21 heavy (non-hydrogen) atoms. The fourth-order valence-electron chi connectivity index (χ4n) is 1.42. The number of amides is 1. The summed E-state index contributed by atoms with van der Waals surface area (Å²) < 4.78 is 0. The molecule has 0 atom stereocenters. The summed E-state index contributed by atoms with van der Waals surface area (Å²) in [6, 6.07) is 2.69. The Bertz CT molecular complexity index is 670. The van der Waals surface area contributed by atoms with Crippen molar-refractivity contribution in [3.05, 3.63) is 43.4 Å². The van der Waals surface area contributed by atoms with Crippen molar-refractivity contribution in [1.82, 2.24) is 0 Å². The molecule has 0 saturated carbocycles. The lowest BCUT2D eigenvalue weighted by Crippen LogP contribution is -2.15. The molecule has 1 aromatic rings. The molecular weight excluding hydrogens is 323 g/mol. The zero-order valence-corrected chi connectivity index (χ0v) is 12.4. The number of nitrogens with zero attached hydrogens (tertiary/aromatic N) is 1. The van der Waals surface area contributed by atoms with Gasteiger partial charge < -0.3 is 10.4 Å². The number of carbonyl (C=O) groups excluding carboxylic acids is 1. The molecule has 0 radical (unpaired) electrons. The largest absolute Gasteiger partial charge is 0.477 e. The SMILES string of the molecule is Cc1cc(NC(=O)/C(Cl)=C(/Cl)C(=O)O)c([N+](=O)[O-])cc1C. The van der Waals surface area contributed by atoms with E-state index in [4.69, 9.17) is 28.3 Å². The number of rotatable bonds is 4. The summed E-state index contributed by atoms with van der Waals surface area (Å²) in [7, 11) is 0. The van der Waals surface area contributed by atoms with E-state index in [9.17, 15) is 19.7 Å². The number of hydrogen-bond acceptors (Lipinski definition) is 4. The number of aliphatic carboxylic acids is 1. The second-order valence-corrected chi connectivity index (χ2v) is 4.85. The monoisotopic (exact) mass is 332 g/mol. The smallest absolute Gasteiger partial charge is 0.349 e. The van der Waals surface area contributed by atoms with E-state index in [1.165, 1.54) is 12.1 Å². The van der Waals surface area contributed by atoms with Gasteiger partial charge in [0.05, 0.1) is 4.92 Å². The second-order valence-electron chi connectivity index (χ2n) is 4.10. The molecule has 0 aliphatic rings. The average molecular weight is 333 g/mol. The second kappa shape index (κ2) is 6.55. The van der Waals surface area contributed by atoms with E-state index in [1.807, 2.05) is 0 Å². The summed E-state index contributed by atoms with van der Waals surface area (Å²) in [6.45, 7) is 3.39. The van der Waals surface area contributed by atoms with Crippen molar-refractivity contribution in [3.63, 3.8) is 0 Å². The van der Waals surface area contributed by atoms with Crippen molar-refractivity contribution in [2.75, 3.05) is 5.32 Å². The minimum atomic E-state index is -1.58. The van der Waals surface area contributed by atoms with Crippen LogP contribution in [-0.2, 0) is 9.59 Å². The predicted octanol–water partition coefficient (Wildman–Crippen LogP) is 2.92. The summed E-state index contributed by atoms with van der Waals surface area (Å²) in [5, 5.41) is 20.1. The van der Waals surface area contributed by atoms with Gasteiger partial charge in [0.1, 0.15) is 15.8 Å². The van der Waals surface area contributed by atoms with Gasteiger partial charge in [0.15, 0.2) is 0 Å². The molecular formula is C12H10Cl2N2O5. The van der Waals surface area contributed by atoms with E-state index >= 15 is 0 Å². The molecule has 0 aliphatic carbocycles. The molecule has 0 saturated heterocycles. The highest BCUT2D eigenvalue weighted by atomic mass is 35.5. The topological polar surface area (TPSA) is 110 Å². The number of nitrogens with one attached hydrogen (secondary N) is 1. The maximum Gasteiger partial charge on any atom is 0.349 e. The lowest BCUT2D eigenvalue weighted by Gasteiger charge is -2.08. The molecule has 1 aromatic carbocycles. The number of nitro benzene ring substituents is 1. The fourth-order valence-corrected chi connectivity index (χ4v) is 1.64. The third-order valence-corrected chi connectivity index (χ3v) is 3.44. The van der Waals surface area contributed by atoms with Crippen LogP contribution in [0.25, 0.3) is 0 Å². The number of carboxylic acids is 1. The average Bonchev–Trinajstić information content (AvgIpc) is 2.40. The zero-order valence-electron chi connectivity index (χ0n) is 10.9. The Morgan fingerprint density at radius 2 is 1.71 bits per heavy atom. The molecule has 2 N–H and O–H groups in total. The number of carboxylic acid groups (broad SMARTS) is 1. The van der Waals surface area contributed by atoms with Crippen LogP contribution in [0.15, 0.2) is 22.2 Å². The first-order valence-electron chi connectivity index (χ1n) is 5.50. The van der Waals surface area contributed by atoms with E-state index < -0.39 is 26.9 Å². The van der Waals surface area contributed by atoms with Crippen LogP contribution >= 0.6 is 23.2 Å². The van der Waals surface area contributed by atoms with Gasteiger partial charge in [0, 0.05) is 6.07 Å². The minimum absolute atomic E-state index is 0.0962. The Morgan fingerprint density at radius 1 is 1.19 bits per heavy atom. The summed E-state index contributed by atoms with van der Waals surface area (Å²) in [5.74, 6) is -2.62. The van der Waals surface area contributed by atoms with Crippen LogP contribution in [-0.4, -0.2) is 21.9 Å². The zero-order chi connectivity index (χ0) is 16.3. The highest BCUT2D eigenvalue weighted by Crippen LogP contribution is 2.29. The number of benzene rings is 1. The molecule has 0 aliphatic heterocycles. The van der Waals surface area contributed by atoms with Gasteiger partial charge in [0.25, 0.3) is 11.6 Å². The third kappa shape index (κ3) is 3.93. The van der Waals surface area contributed by atoms with Gasteiger partial charge in [-0.1, -0.05) is 23.2 Å². The van der Waals surface area contributed by atoms with Crippen molar-refractivity contribution in [2.24, 2.45) is 0 Å². The Kier molecular flexibility index (Phi) is 5.28.